The number of carbonyl (C=O) groups is 1. The van der Waals surface area contributed by atoms with Crippen LogP contribution in [0.4, 0.5) is 5.00 Å². The van der Waals surface area contributed by atoms with Crippen LogP contribution in [0.5, 0.6) is 0 Å². The van der Waals surface area contributed by atoms with Crippen LogP contribution in [0.1, 0.15) is 21.3 Å². The molecular weight excluding hydrogens is 400 g/mol. The summed E-state index contributed by atoms with van der Waals surface area (Å²) < 4.78 is 16.0. The lowest BCUT2D eigenvalue weighted by atomic mass is 10.1. The quantitative estimate of drug-likeness (QED) is 0.261. The highest BCUT2D eigenvalue weighted by molar-refractivity contribution is 7.17. The summed E-state index contributed by atoms with van der Waals surface area (Å²) >= 11 is 0.728. The summed E-state index contributed by atoms with van der Waals surface area (Å²) in [5.74, 6) is 0.0374. The summed E-state index contributed by atoms with van der Waals surface area (Å²) in [6.45, 7) is 1.45. The number of esters is 1. The first-order valence-electron chi connectivity index (χ1n) is 8.28. The largest absolute Gasteiger partial charge is 0.451 e. The fourth-order valence-corrected chi connectivity index (χ4v) is 3.28. The van der Waals surface area contributed by atoms with Gasteiger partial charge in [0.15, 0.2) is 6.61 Å². The number of thiophene rings is 1. The van der Waals surface area contributed by atoms with E-state index >= 15 is 0 Å². The van der Waals surface area contributed by atoms with E-state index in [-0.39, 0.29) is 28.3 Å². The van der Waals surface area contributed by atoms with Crippen molar-refractivity contribution in [1.82, 2.24) is 15.4 Å². The van der Waals surface area contributed by atoms with Gasteiger partial charge in [0.2, 0.25) is 0 Å². The first kappa shape index (κ1) is 18.5. The van der Waals surface area contributed by atoms with Gasteiger partial charge in [-0.1, -0.05) is 46.8 Å². The number of benzene rings is 1. The molecule has 0 aliphatic carbocycles. The van der Waals surface area contributed by atoms with Crippen molar-refractivity contribution in [3.05, 3.63) is 69.1 Å². The molecule has 0 spiro atoms. The third-order valence-corrected chi connectivity index (χ3v) is 4.91. The molecule has 0 amide bonds. The Labute approximate surface area is 166 Å². The van der Waals surface area contributed by atoms with Crippen LogP contribution < -0.4 is 0 Å². The Bertz CT molecular complexity index is 1180. The highest BCUT2D eigenvalue weighted by atomic mass is 32.1. The van der Waals surface area contributed by atoms with Gasteiger partial charge in [-0.05, 0) is 13.0 Å². The van der Waals surface area contributed by atoms with E-state index in [1.807, 2.05) is 30.3 Å². The summed E-state index contributed by atoms with van der Waals surface area (Å²) in [6, 6.07) is 12.0. The van der Waals surface area contributed by atoms with Crippen molar-refractivity contribution >= 4 is 22.3 Å². The summed E-state index contributed by atoms with van der Waals surface area (Å²) in [5, 5.41) is 22.5. The van der Waals surface area contributed by atoms with Crippen LogP contribution in [-0.4, -0.2) is 26.2 Å². The molecule has 0 radical (unpaired) electrons. The summed E-state index contributed by atoms with van der Waals surface area (Å²) in [6.07, 6.45) is 0. The molecule has 0 aliphatic heterocycles. The van der Waals surface area contributed by atoms with Gasteiger partial charge in [0, 0.05) is 11.6 Å². The Balaban J connectivity index is 1.50. The summed E-state index contributed by atoms with van der Waals surface area (Å²) in [4.78, 5) is 22.3. The number of rotatable bonds is 6. The zero-order valence-corrected chi connectivity index (χ0v) is 15.7. The second kappa shape index (κ2) is 7.64. The zero-order chi connectivity index (χ0) is 20.4. The maximum absolute atomic E-state index is 12.0. The molecule has 0 N–H and O–H groups in total. The van der Waals surface area contributed by atoms with Crippen LogP contribution in [0.15, 0.2) is 51.4 Å². The van der Waals surface area contributed by atoms with Crippen LogP contribution in [-0.2, 0) is 11.3 Å². The monoisotopic (exact) mass is 412 g/mol. The molecule has 0 fully saturated rings. The predicted octanol–water partition coefficient (Wildman–Crippen LogP) is 4.03. The van der Waals surface area contributed by atoms with Gasteiger partial charge in [-0.2, -0.15) is 0 Å². The molecule has 0 atom stereocenters. The number of carbonyl (C=O) groups excluding carboxylic acids is 1. The van der Waals surface area contributed by atoms with E-state index in [4.69, 9.17) is 13.7 Å². The fraction of sp³-hybridized carbons (Fsp3) is 0.111. The molecule has 1 aromatic carbocycles. The first-order valence-corrected chi connectivity index (χ1v) is 9.10. The second-order valence-corrected chi connectivity index (χ2v) is 6.86. The van der Waals surface area contributed by atoms with Gasteiger partial charge in [0.05, 0.1) is 4.92 Å². The van der Waals surface area contributed by atoms with E-state index in [0.717, 1.165) is 16.9 Å². The standard InChI is InChI=1S/C18H12N4O6S/c1-10-15(16(21-28-10)11-5-3-2-4-6-11)17-20-19-13(27-17)9-26-18(23)12-7-8-14(29-12)22(24)25/h2-8H,9H2,1H3. The Morgan fingerprint density at radius 1 is 1.21 bits per heavy atom. The third-order valence-electron chi connectivity index (χ3n) is 3.89. The topological polar surface area (TPSA) is 134 Å². The lowest BCUT2D eigenvalue weighted by molar-refractivity contribution is -0.380. The molecule has 4 aromatic rings. The SMILES string of the molecule is Cc1onc(-c2ccccc2)c1-c1nnc(COC(=O)c2ccc([N+](=O)[O-])s2)o1. The molecule has 11 heteroatoms. The maximum Gasteiger partial charge on any atom is 0.349 e. The highest BCUT2D eigenvalue weighted by Gasteiger charge is 2.23. The summed E-state index contributed by atoms with van der Waals surface area (Å²) in [5.41, 5.74) is 1.93. The smallest absolute Gasteiger partial charge is 0.349 e. The molecule has 0 saturated heterocycles. The Morgan fingerprint density at radius 2 is 2.00 bits per heavy atom. The molecule has 0 saturated carbocycles. The van der Waals surface area contributed by atoms with Crippen LogP contribution >= 0.6 is 11.3 Å². The van der Waals surface area contributed by atoms with E-state index in [0.29, 0.717) is 17.0 Å². The Hall–Kier alpha value is -3.86. The van der Waals surface area contributed by atoms with E-state index in [1.54, 1.807) is 6.92 Å². The lowest BCUT2D eigenvalue weighted by Gasteiger charge is -1.99. The third kappa shape index (κ3) is 3.75. The van der Waals surface area contributed by atoms with Crippen molar-refractivity contribution < 1.29 is 23.4 Å². The minimum absolute atomic E-state index is 0.0685. The molecule has 3 heterocycles. The van der Waals surface area contributed by atoms with Gasteiger partial charge < -0.3 is 13.7 Å². The van der Waals surface area contributed by atoms with Crippen molar-refractivity contribution in [2.75, 3.05) is 0 Å². The lowest BCUT2D eigenvalue weighted by Crippen LogP contribution is -2.03. The summed E-state index contributed by atoms with van der Waals surface area (Å²) in [7, 11) is 0. The van der Waals surface area contributed by atoms with Gasteiger partial charge >= 0.3 is 11.0 Å². The van der Waals surface area contributed by atoms with E-state index in [9.17, 15) is 14.9 Å². The van der Waals surface area contributed by atoms with E-state index in [1.165, 1.54) is 12.1 Å². The molecule has 0 aliphatic rings. The second-order valence-electron chi connectivity index (χ2n) is 5.80. The molecule has 10 nitrogen and oxygen atoms in total. The first-order chi connectivity index (χ1) is 14.0. The van der Waals surface area contributed by atoms with Gasteiger partial charge in [-0.25, -0.2) is 4.79 Å². The maximum atomic E-state index is 12.0. The normalized spacial score (nSPS) is 10.8. The average molecular weight is 412 g/mol. The highest BCUT2D eigenvalue weighted by Crippen LogP contribution is 2.33. The fourth-order valence-electron chi connectivity index (χ4n) is 2.56. The minimum Gasteiger partial charge on any atom is -0.451 e. The number of aryl methyl sites for hydroxylation is 1. The van der Waals surface area contributed by atoms with E-state index < -0.39 is 10.9 Å². The van der Waals surface area contributed by atoms with Crippen LogP contribution in [0.2, 0.25) is 0 Å². The van der Waals surface area contributed by atoms with Crippen molar-refractivity contribution in [2.24, 2.45) is 0 Å². The molecule has 146 valence electrons. The number of hydrogen-bond acceptors (Lipinski definition) is 10. The van der Waals surface area contributed by atoms with Crippen molar-refractivity contribution in [1.29, 1.82) is 0 Å². The van der Waals surface area contributed by atoms with Gasteiger partial charge in [-0.15, -0.1) is 10.2 Å². The molecule has 0 bridgehead atoms. The van der Waals surface area contributed by atoms with Gasteiger partial charge in [0.25, 0.3) is 11.8 Å². The van der Waals surface area contributed by atoms with Gasteiger partial charge in [-0.3, -0.25) is 10.1 Å². The molecule has 0 unspecified atom stereocenters. The van der Waals surface area contributed by atoms with Crippen molar-refractivity contribution in [2.45, 2.75) is 13.5 Å². The van der Waals surface area contributed by atoms with Gasteiger partial charge in [0.1, 0.15) is 21.9 Å². The number of nitro groups is 1. The van der Waals surface area contributed by atoms with Crippen LogP contribution in [0.3, 0.4) is 0 Å². The number of hydrogen-bond donors (Lipinski definition) is 0. The zero-order valence-electron chi connectivity index (χ0n) is 14.9. The van der Waals surface area contributed by atoms with Crippen molar-refractivity contribution in [3.8, 4) is 22.7 Å². The van der Waals surface area contributed by atoms with Crippen molar-refractivity contribution in [3.63, 3.8) is 0 Å². The van der Waals surface area contributed by atoms with Crippen LogP contribution in [0.25, 0.3) is 22.7 Å². The number of nitrogens with zero attached hydrogens (tertiary/aromatic N) is 4. The van der Waals surface area contributed by atoms with Crippen LogP contribution in [0, 0.1) is 17.0 Å². The molecule has 3 aromatic heterocycles. The Kier molecular flexibility index (Phi) is 4.87. The Morgan fingerprint density at radius 3 is 2.72 bits per heavy atom. The molecule has 4 rings (SSSR count). The van der Waals surface area contributed by atoms with E-state index in [2.05, 4.69) is 15.4 Å². The number of aromatic nitrogens is 3. The molecule has 29 heavy (non-hydrogen) atoms. The minimum atomic E-state index is -0.714. The molecular formula is C18H12N4O6S. The predicted molar refractivity (Wildman–Crippen MR) is 100 cm³/mol. The average Bonchev–Trinajstić information content (AvgIpc) is 3.46. The number of ether oxygens (including phenoxy) is 1.